The Balaban J connectivity index is 2.20. The van der Waals surface area contributed by atoms with Gasteiger partial charge in [0.05, 0.1) is 12.7 Å². The van der Waals surface area contributed by atoms with E-state index in [9.17, 15) is 9.70 Å². The van der Waals surface area contributed by atoms with Crippen molar-refractivity contribution in [2.75, 3.05) is 7.11 Å². The maximum atomic E-state index is 12.0. The first-order valence-corrected chi connectivity index (χ1v) is 5.98. The van der Waals surface area contributed by atoms with Crippen molar-refractivity contribution in [1.82, 2.24) is 0 Å². The number of carbonyl (C=O) groups excluding carboxylic acids is 1. The first-order valence-electron chi connectivity index (χ1n) is 5.98. The number of methoxy groups -OCH3 is 1. The second-order valence-corrected chi connectivity index (χ2v) is 4.04. The van der Waals surface area contributed by atoms with Crippen LogP contribution < -0.4 is 9.47 Å². The average molecular weight is 281 g/mol. The predicted molar refractivity (Wildman–Crippen MR) is 77.8 cm³/mol. The van der Waals surface area contributed by atoms with Crippen LogP contribution in [0, 0.1) is 17.3 Å². The van der Waals surface area contributed by atoms with Crippen LogP contribution >= 0.6 is 0 Å². The molecule has 0 fully saturated rings. The van der Waals surface area contributed by atoms with E-state index >= 15 is 0 Å². The number of esters is 1. The smallest absolute Gasteiger partial charge is 0.343 e. The summed E-state index contributed by atoms with van der Waals surface area (Å²) in [5, 5.41) is 2.81. The van der Waals surface area contributed by atoms with Crippen LogP contribution in [-0.4, -0.2) is 13.1 Å². The van der Waals surface area contributed by atoms with Crippen molar-refractivity contribution < 1.29 is 14.3 Å². The number of hydrogen-bond donors (Lipinski definition) is 0. The summed E-state index contributed by atoms with van der Waals surface area (Å²) in [5.74, 6) is 2.51. The second kappa shape index (κ2) is 6.35. The van der Waals surface area contributed by atoms with E-state index in [1.54, 1.807) is 24.3 Å². The van der Waals surface area contributed by atoms with Crippen molar-refractivity contribution in [1.29, 1.82) is 0 Å². The van der Waals surface area contributed by atoms with Crippen molar-refractivity contribution in [3.8, 4) is 23.8 Å². The Morgan fingerprint density at radius 2 is 1.90 bits per heavy atom. The van der Waals surface area contributed by atoms with Gasteiger partial charge in [0.1, 0.15) is 11.5 Å². The van der Waals surface area contributed by atoms with Gasteiger partial charge in [-0.25, -0.2) is 4.79 Å². The third-order valence-corrected chi connectivity index (χ3v) is 2.74. The molecule has 0 spiro atoms. The van der Waals surface area contributed by atoms with Crippen LogP contribution in [0.15, 0.2) is 47.6 Å². The molecule has 0 aromatic heterocycles. The SMILES string of the molecule is C#Cc1ccc(OC(=O)c2ccc(OC)c(N=O)c2)cc1. The summed E-state index contributed by atoms with van der Waals surface area (Å²) in [5.41, 5.74) is 0.924. The molecular weight excluding hydrogens is 270 g/mol. The van der Waals surface area contributed by atoms with Gasteiger partial charge in [-0.3, -0.25) is 0 Å². The average Bonchev–Trinajstić information content (AvgIpc) is 2.54. The Morgan fingerprint density at radius 1 is 1.19 bits per heavy atom. The van der Waals surface area contributed by atoms with Crippen LogP contribution in [0.25, 0.3) is 0 Å². The van der Waals surface area contributed by atoms with Crippen molar-refractivity contribution >= 4 is 11.7 Å². The monoisotopic (exact) mass is 281 g/mol. The maximum absolute atomic E-state index is 12.0. The van der Waals surface area contributed by atoms with Gasteiger partial charge in [-0.05, 0) is 47.6 Å². The third kappa shape index (κ3) is 3.25. The minimum absolute atomic E-state index is 0.0367. The lowest BCUT2D eigenvalue weighted by Crippen LogP contribution is -2.08. The summed E-state index contributed by atoms with van der Waals surface area (Å²) in [7, 11) is 1.41. The molecule has 5 nitrogen and oxygen atoms in total. The molecule has 0 saturated heterocycles. The molecule has 0 unspecified atom stereocenters. The quantitative estimate of drug-likeness (QED) is 0.373. The number of ether oxygens (including phenoxy) is 2. The zero-order valence-electron chi connectivity index (χ0n) is 11.2. The zero-order chi connectivity index (χ0) is 15.2. The molecule has 2 aromatic rings. The molecule has 0 aliphatic rings. The summed E-state index contributed by atoms with van der Waals surface area (Å²) in [4.78, 5) is 22.7. The minimum Gasteiger partial charge on any atom is -0.494 e. The van der Waals surface area contributed by atoms with E-state index in [1.165, 1.54) is 25.3 Å². The lowest BCUT2D eigenvalue weighted by atomic mass is 10.2. The van der Waals surface area contributed by atoms with E-state index in [2.05, 4.69) is 11.1 Å². The van der Waals surface area contributed by atoms with Crippen molar-refractivity contribution in [3.05, 3.63) is 58.5 Å². The van der Waals surface area contributed by atoms with Crippen LogP contribution in [0.4, 0.5) is 5.69 Å². The molecule has 0 atom stereocenters. The summed E-state index contributed by atoms with van der Waals surface area (Å²) in [6.45, 7) is 0. The van der Waals surface area contributed by atoms with Crippen molar-refractivity contribution in [2.24, 2.45) is 5.18 Å². The van der Waals surface area contributed by atoms with Crippen LogP contribution in [0.5, 0.6) is 11.5 Å². The highest BCUT2D eigenvalue weighted by Crippen LogP contribution is 2.28. The number of terminal acetylenes is 1. The molecule has 0 amide bonds. The van der Waals surface area contributed by atoms with E-state index < -0.39 is 5.97 Å². The van der Waals surface area contributed by atoms with Gasteiger partial charge in [-0.1, -0.05) is 5.92 Å². The van der Waals surface area contributed by atoms with Crippen LogP contribution in [0.1, 0.15) is 15.9 Å². The predicted octanol–water partition coefficient (Wildman–Crippen LogP) is 3.29. The van der Waals surface area contributed by atoms with Gasteiger partial charge in [-0.2, -0.15) is 0 Å². The number of benzene rings is 2. The normalized spacial score (nSPS) is 9.52. The number of rotatable bonds is 4. The summed E-state index contributed by atoms with van der Waals surface area (Å²) < 4.78 is 10.1. The molecule has 5 heteroatoms. The zero-order valence-corrected chi connectivity index (χ0v) is 11.2. The Labute approximate surface area is 121 Å². The topological polar surface area (TPSA) is 65.0 Å². The molecule has 0 aliphatic heterocycles. The molecule has 0 radical (unpaired) electrons. The first-order chi connectivity index (χ1) is 10.2. The van der Waals surface area contributed by atoms with Gasteiger partial charge < -0.3 is 9.47 Å². The van der Waals surface area contributed by atoms with Gasteiger partial charge in [0.25, 0.3) is 0 Å². The van der Waals surface area contributed by atoms with E-state index in [4.69, 9.17) is 15.9 Å². The fourth-order valence-corrected chi connectivity index (χ4v) is 1.67. The largest absolute Gasteiger partial charge is 0.494 e. The fourth-order valence-electron chi connectivity index (χ4n) is 1.67. The van der Waals surface area contributed by atoms with Gasteiger partial charge in [0.15, 0.2) is 5.69 Å². The highest BCUT2D eigenvalue weighted by atomic mass is 16.5. The molecule has 21 heavy (non-hydrogen) atoms. The molecule has 2 aromatic carbocycles. The number of carbonyl (C=O) groups is 1. The molecule has 0 heterocycles. The Morgan fingerprint density at radius 3 is 2.48 bits per heavy atom. The molecule has 0 saturated carbocycles. The molecule has 2 rings (SSSR count). The molecule has 0 aliphatic carbocycles. The summed E-state index contributed by atoms with van der Waals surface area (Å²) in [6, 6.07) is 10.8. The van der Waals surface area contributed by atoms with E-state index in [1.807, 2.05) is 0 Å². The van der Waals surface area contributed by atoms with Gasteiger partial charge in [0.2, 0.25) is 0 Å². The lowest BCUT2D eigenvalue weighted by molar-refractivity contribution is 0.0735. The van der Waals surface area contributed by atoms with E-state index in [-0.39, 0.29) is 11.3 Å². The number of nitroso groups, excluding NO2 is 1. The van der Waals surface area contributed by atoms with Crippen LogP contribution in [0.2, 0.25) is 0 Å². The summed E-state index contributed by atoms with van der Waals surface area (Å²) >= 11 is 0. The fraction of sp³-hybridized carbons (Fsp3) is 0.0625. The van der Waals surface area contributed by atoms with Crippen molar-refractivity contribution in [2.45, 2.75) is 0 Å². The number of nitrogens with zero attached hydrogens (tertiary/aromatic N) is 1. The van der Waals surface area contributed by atoms with Gasteiger partial charge in [0, 0.05) is 5.56 Å². The van der Waals surface area contributed by atoms with E-state index in [0.29, 0.717) is 17.1 Å². The van der Waals surface area contributed by atoms with Gasteiger partial charge in [-0.15, -0.1) is 11.3 Å². The molecule has 104 valence electrons. The summed E-state index contributed by atoms with van der Waals surface area (Å²) in [6.07, 6.45) is 5.24. The lowest BCUT2D eigenvalue weighted by Gasteiger charge is -2.06. The molecule has 0 N–H and O–H groups in total. The maximum Gasteiger partial charge on any atom is 0.343 e. The van der Waals surface area contributed by atoms with Crippen LogP contribution in [0.3, 0.4) is 0 Å². The van der Waals surface area contributed by atoms with Gasteiger partial charge >= 0.3 is 5.97 Å². The Kier molecular flexibility index (Phi) is 4.32. The minimum atomic E-state index is -0.601. The first kappa shape index (κ1) is 14.3. The van der Waals surface area contributed by atoms with Crippen LogP contribution in [-0.2, 0) is 0 Å². The second-order valence-electron chi connectivity index (χ2n) is 4.04. The third-order valence-electron chi connectivity index (χ3n) is 2.74. The standard InChI is InChI=1S/C16H11NO4/c1-3-11-4-7-13(8-5-11)21-16(18)12-6-9-15(20-2)14(10-12)17-19/h1,4-10H,2H3. The number of hydrogen-bond acceptors (Lipinski definition) is 5. The molecule has 0 bridgehead atoms. The Hall–Kier alpha value is -3.13. The Bertz CT molecular complexity index is 714. The molecular formula is C16H11NO4. The van der Waals surface area contributed by atoms with E-state index in [0.717, 1.165) is 0 Å². The highest BCUT2D eigenvalue weighted by molar-refractivity contribution is 5.92. The van der Waals surface area contributed by atoms with Crippen molar-refractivity contribution in [3.63, 3.8) is 0 Å². The highest BCUT2D eigenvalue weighted by Gasteiger charge is 2.12.